The molecule has 0 saturated carbocycles. The van der Waals surface area contributed by atoms with Gasteiger partial charge in [-0.2, -0.15) is 0 Å². The molecule has 5 nitrogen and oxygen atoms in total. The predicted octanol–water partition coefficient (Wildman–Crippen LogP) is 1.40. The summed E-state index contributed by atoms with van der Waals surface area (Å²) in [6.07, 6.45) is 1.52. The molecule has 1 aromatic rings. The van der Waals surface area contributed by atoms with Crippen LogP contribution in [0.3, 0.4) is 0 Å². The maximum atomic E-state index is 14.1. The Hall–Kier alpha value is -0.730. The van der Waals surface area contributed by atoms with Crippen LogP contribution >= 0.6 is 11.6 Å². The molecule has 1 aliphatic rings. The fourth-order valence-corrected chi connectivity index (χ4v) is 3.56. The smallest absolute Gasteiger partial charge is 0.243 e. The van der Waals surface area contributed by atoms with E-state index >= 15 is 0 Å². The Bertz CT molecular complexity index is 589. The van der Waals surface area contributed by atoms with Crippen LogP contribution < -0.4 is 10.5 Å². The summed E-state index contributed by atoms with van der Waals surface area (Å²) < 4.78 is 46.0. The highest BCUT2D eigenvalue weighted by Crippen LogP contribution is 2.23. The molecule has 0 radical (unpaired) electrons. The lowest BCUT2D eigenvalue weighted by Gasteiger charge is -2.13. The molecule has 1 atom stereocenters. The summed E-state index contributed by atoms with van der Waals surface area (Å²) in [6, 6.07) is 2.39. The molecule has 1 heterocycles. The molecule has 1 aromatic carbocycles. The van der Waals surface area contributed by atoms with Crippen LogP contribution in [0, 0.1) is 5.82 Å². The second kappa shape index (κ2) is 6.36. The van der Waals surface area contributed by atoms with Crippen LogP contribution in [0.1, 0.15) is 18.4 Å². The van der Waals surface area contributed by atoms with Crippen LogP contribution in [0.5, 0.6) is 0 Å². The van der Waals surface area contributed by atoms with Crippen molar-refractivity contribution in [2.75, 3.05) is 13.2 Å². The maximum Gasteiger partial charge on any atom is 0.243 e. The molecule has 0 aliphatic carbocycles. The van der Waals surface area contributed by atoms with Gasteiger partial charge in [-0.05, 0) is 25.0 Å². The van der Waals surface area contributed by atoms with Crippen molar-refractivity contribution < 1.29 is 17.5 Å². The molecule has 3 N–H and O–H groups in total. The minimum atomic E-state index is -3.98. The molecular formula is C12H16ClFN2O3S. The van der Waals surface area contributed by atoms with E-state index in [-0.39, 0.29) is 29.8 Å². The van der Waals surface area contributed by atoms with E-state index in [9.17, 15) is 12.8 Å². The van der Waals surface area contributed by atoms with Crippen molar-refractivity contribution in [3.63, 3.8) is 0 Å². The summed E-state index contributed by atoms with van der Waals surface area (Å²) >= 11 is 5.79. The lowest BCUT2D eigenvalue weighted by atomic mass is 10.2. The molecule has 8 heteroatoms. The summed E-state index contributed by atoms with van der Waals surface area (Å²) in [5.74, 6) is -0.864. The van der Waals surface area contributed by atoms with Crippen molar-refractivity contribution in [3.05, 3.63) is 28.5 Å². The summed E-state index contributed by atoms with van der Waals surface area (Å²) in [5.41, 5.74) is 5.44. The summed E-state index contributed by atoms with van der Waals surface area (Å²) in [5, 5.41) is 0.129. The second-order valence-corrected chi connectivity index (χ2v) is 6.74. The molecule has 1 saturated heterocycles. The number of nitrogens with one attached hydrogen (secondary N) is 1. The first-order valence-electron chi connectivity index (χ1n) is 6.23. The van der Waals surface area contributed by atoms with Crippen LogP contribution in [-0.4, -0.2) is 27.7 Å². The van der Waals surface area contributed by atoms with Crippen LogP contribution in [0.15, 0.2) is 17.0 Å². The van der Waals surface area contributed by atoms with Crippen molar-refractivity contribution in [1.29, 1.82) is 0 Å². The van der Waals surface area contributed by atoms with Gasteiger partial charge in [0.25, 0.3) is 0 Å². The van der Waals surface area contributed by atoms with Gasteiger partial charge in [-0.1, -0.05) is 11.6 Å². The first kappa shape index (κ1) is 15.7. The van der Waals surface area contributed by atoms with Gasteiger partial charge in [-0.25, -0.2) is 17.5 Å². The minimum Gasteiger partial charge on any atom is -0.377 e. The van der Waals surface area contributed by atoms with Crippen LogP contribution in [-0.2, 0) is 21.3 Å². The highest BCUT2D eigenvalue weighted by Gasteiger charge is 2.24. The zero-order valence-corrected chi connectivity index (χ0v) is 12.3. The molecule has 20 heavy (non-hydrogen) atoms. The molecule has 112 valence electrons. The van der Waals surface area contributed by atoms with Crippen molar-refractivity contribution in [1.82, 2.24) is 4.72 Å². The molecular weight excluding hydrogens is 307 g/mol. The third-order valence-electron chi connectivity index (χ3n) is 3.11. The standard InChI is InChI=1S/C12H16ClFN2O3S/c13-9-4-8(6-15)12(14)11(5-9)20(17,18)16-7-10-2-1-3-19-10/h4-5,10,16H,1-3,6-7,15H2. The van der Waals surface area contributed by atoms with E-state index in [1.54, 1.807) is 0 Å². The molecule has 0 bridgehead atoms. The fourth-order valence-electron chi connectivity index (χ4n) is 2.05. The Morgan fingerprint density at radius 1 is 1.50 bits per heavy atom. The highest BCUT2D eigenvalue weighted by atomic mass is 35.5. The number of sulfonamides is 1. The number of nitrogens with two attached hydrogens (primary N) is 1. The predicted molar refractivity (Wildman–Crippen MR) is 73.5 cm³/mol. The fraction of sp³-hybridized carbons (Fsp3) is 0.500. The summed E-state index contributed by atoms with van der Waals surface area (Å²) in [4.78, 5) is -0.483. The number of hydrogen-bond donors (Lipinski definition) is 2. The number of hydrogen-bond acceptors (Lipinski definition) is 4. The molecule has 1 aliphatic heterocycles. The largest absolute Gasteiger partial charge is 0.377 e. The third kappa shape index (κ3) is 3.48. The van der Waals surface area contributed by atoms with Crippen LogP contribution in [0.25, 0.3) is 0 Å². The van der Waals surface area contributed by atoms with E-state index in [1.165, 1.54) is 6.07 Å². The Balaban J connectivity index is 2.22. The van der Waals surface area contributed by atoms with Gasteiger partial charge in [0.1, 0.15) is 10.7 Å². The lowest BCUT2D eigenvalue weighted by Crippen LogP contribution is -2.32. The van der Waals surface area contributed by atoms with Gasteiger partial charge in [0.15, 0.2) is 0 Å². The van der Waals surface area contributed by atoms with Crippen molar-refractivity contribution >= 4 is 21.6 Å². The van der Waals surface area contributed by atoms with Crippen molar-refractivity contribution in [3.8, 4) is 0 Å². The van der Waals surface area contributed by atoms with E-state index in [0.29, 0.717) is 6.61 Å². The number of ether oxygens (including phenoxy) is 1. The normalized spacial score (nSPS) is 19.4. The van der Waals surface area contributed by atoms with Gasteiger partial charge in [-0.15, -0.1) is 0 Å². The third-order valence-corrected chi connectivity index (χ3v) is 4.75. The minimum absolute atomic E-state index is 0.0648. The number of rotatable bonds is 5. The molecule has 0 amide bonds. The molecule has 0 spiro atoms. The van der Waals surface area contributed by atoms with Gasteiger partial charge >= 0.3 is 0 Å². The van der Waals surface area contributed by atoms with Crippen LogP contribution in [0.4, 0.5) is 4.39 Å². The van der Waals surface area contributed by atoms with Gasteiger partial charge in [0.05, 0.1) is 6.10 Å². The van der Waals surface area contributed by atoms with Gasteiger partial charge in [0, 0.05) is 30.3 Å². The van der Waals surface area contributed by atoms with E-state index < -0.39 is 20.7 Å². The van der Waals surface area contributed by atoms with Crippen molar-refractivity contribution in [2.45, 2.75) is 30.4 Å². The van der Waals surface area contributed by atoms with E-state index in [1.807, 2.05) is 0 Å². The SMILES string of the molecule is NCc1cc(Cl)cc(S(=O)(=O)NCC2CCCO2)c1F. The molecule has 1 unspecified atom stereocenters. The average molecular weight is 323 g/mol. The second-order valence-electron chi connectivity index (χ2n) is 4.57. The Morgan fingerprint density at radius 3 is 2.85 bits per heavy atom. The summed E-state index contributed by atoms with van der Waals surface area (Å²) in [7, 11) is -3.98. The average Bonchev–Trinajstić information content (AvgIpc) is 2.92. The monoisotopic (exact) mass is 322 g/mol. The number of benzene rings is 1. The molecule has 1 fully saturated rings. The topological polar surface area (TPSA) is 81.4 Å². The first-order chi connectivity index (χ1) is 9.44. The van der Waals surface area contributed by atoms with Gasteiger partial charge < -0.3 is 10.5 Å². The van der Waals surface area contributed by atoms with E-state index in [2.05, 4.69) is 4.72 Å². The van der Waals surface area contributed by atoms with E-state index in [0.717, 1.165) is 18.9 Å². The lowest BCUT2D eigenvalue weighted by molar-refractivity contribution is 0.114. The quantitative estimate of drug-likeness (QED) is 0.858. The number of halogens is 2. The maximum absolute atomic E-state index is 14.1. The molecule has 0 aromatic heterocycles. The highest BCUT2D eigenvalue weighted by molar-refractivity contribution is 7.89. The van der Waals surface area contributed by atoms with Crippen LogP contribution in [0.2, 0.25) is 5.02 Å². The Morgan fingerprint density at radius 2 is 2.25 bits per heavy atom. The first-order valence-corrected chi connectivity index (χ1v) is 8.09. The summed E-state index contributed by atoms with van der Waals surface area (Å²) in [6.45, 7) is 0.613. The zero-order chi connectivity index (χ0) is 14.8. The van der Waals surface area contributed by atoms with Crippen molar-refractivity contribution in [2.24, 2.45) is 5.73 Å². The Labute approximate surface area is 122 Å². The Kier molecular flexibility index (Phi) is 4.98. The van der Waals surface area contributed by atoms with E-state index in [4.69, 9.17) is 22.1 Å². The van der Waals surface area contributed by atoms with Gasteiger partial charge in [0.2, 0.25) is 10.0 Å². The zero-order valence-electron chi connectivity index (χ0n) is 10.7. The molecule has 2 rings (SSSR count). The van der Waals surface area contributed by atoms with Gasteiger partial charge in [-0.3, -0.25) is 0 Å².